The van der Waals surface area contributed by atoms with Crippen LogP contribution in [0, 0.1) is 5.82 Å². The number of benzene rings is 2. The van der Waals surface area contributed by atoms with Crippen molar-refractivity contribution in [3.05, 3.63) is 89.1 Å². The van der Waals surface area contributed by atoms with Gasteiger partial charge in [0.15, 0.2) is 5.76 Å². The molecule has 160 valence electrons. The summed E-state index contributed by atoms with van der Waals surface area (Å²) in [6.07, 6.45) is 5.32. The SMILES string of the molecule is O=C(NC1CCCC1)C(c1ccccc1)N(C(=O)c1ccco1)c1ccc(F)c(Cl)c1. The van der Waals surface area contributed by atoms with Crippen LogP contribution in [0.4, 0.5) is 10.1 Å². The highest BCUT2D eigenvalue weighted by atomic mass is 35.5. The number of halogens is 2. The smallest absolute Gasteiger partial charge is 0.294 e. The average Bonchev–Trinajstić information content (AvgIpc) is 3.48. The Hall–Kier alpha value is -3.12. The molecule has 1 fully saturated rings. The van der Waals surface area contributed by atoms with Crippen molar-refractivity contribution >= 4 is 29.1 Å². The summed E-state index contributed by atoms with van der Waals surface area (Å²) in [4.78, 5) is 28.3. The van der Waals surface area contributed by atoms with E-state index in [0.29, 0.717) is 11.3 Å². The van der Waals surface area contributed by atoms with Gasteiger partial charge in [0.1, 0.15) is 11.9 Å². The van der Waals surface area contributed by atoms with Crippen molar-refractivity contribution in [3.8, 4) is 0 Å². The molecule has 0 spiro atoms. The fourth-order valence-electron chi connectivity index (χ4n) is 3.94. The number of nitrogens with one attached hydrogen (secondary N) is 1. The van der Waals surface area contributed by atoms with Gasteiger partial charge in [-0.25, -0.2) is 4.39 Å². The quantitative estimate of drug-likeness (QED) is 0.549. The molecule has 0 bridgehead atoms. The van der Waals surface area contributed by atoms with Crippen LogP contribution in [0.15, 0.2) is 71.3 Å². The van der Waals surface area contributed by atoms with Crippen molar-refractivity contribution in [2.75, 3.05) is 4.90 Å². The van der Waals surface area contributed by atoms with Crippen LogP contribution in [-0.4, -0.2) is 17.9 Å². The summed E-state index contributed by atoms with van der Waals surface area (Å²) in [5.74, 6) is -1.38. The van der Waals surface area contributed by atoms with Gasteiger partial charge >= 0.3 is 0 Å². The van der Waals surface area contributed by atoms with E-state index < -0.39 is 17.8 Å². The zero-order valence-corrected chi connectivity index (χ0v) is 17.5. The van der Waals surface area contributed by atoms with Crippen LogP contribution in [0.3, 0.4) is 0 Å². The molecule has 1 aromatic heterocycles. The van der Waals surface area contributed by atoms with E-state index in [2.05, 4.69) is 5.32 Å². The molecule has 4 rings (SSSR count). The van der Waals surface area contributed by atoms with E-state index in [1.54, 1.807) is 30.3 Å². The van der Waals surface area contributed by atoms with Crippen molar-refractivity contribution in [3.63, 3.8) is 0 Å². The Balaban J connectivity index is 1.81. The molecule has 1 aliphatic carbocycles. The molecular formula is C24H22ClFN2O3. The van der Waals surface area contributed by atoms with Gasteiger partial charge in [-0.15, -0.1) is 0 Å². The third-order valence-electron chi connectivity index (χ3n) is 5.46. The van der Waals surface area contributed by atoms with E-state index >= 15 is 0 Å². The molecule has 5 nitrogen and oxygen atoms in total. The lowest BCUT2D eigenvalue weighted by Gasteiger charge is -2.32. The molecule has 1 atom stereocenters. The van der Waals surface area contributed by atoms with Gasteiger partial charge in [-0.05, 0) is 48.7 Å². The Morgan fingerprint density at radius 2 is 1.81 bits per heavy atom. The lowest BCUT2D eigenvalue weighted by atomic mass is 10.0. The fraction of sp³-hybridized carbons (Fsp3) is 0.250. The van der Waals surface area contributed by atoms with Crippen molar-refractivity contribution in [1.82, 2.24) is 5.32 Å². The molecule has 1 saturated carbocycles. The zero-order valence-electron chi connectivity index (χ0n) is 16.8. The predicted octanol–water partition coefficient (Wildman–Crippen LogP) is 5.52. The van der Waals surface area contributed by atoms with Crippen LogP contribution in [0.1, 0.15) is 47.8 Å². The Morgan fingerprint density at radius 1 is 1.06 bits per heavy atom. The molecule has 7 heteroatoms. The lowest BCUT2D eigenvalue weighted by Crippen LogP contribution is -2.46. The van der Waals surface area contributed by atoms with E-state index in [-0.39, 0.29) is 22.7 Å². The van der Waals surface area contributed by atoms with E-state index in [9.17, 15) is 14.0 Å². The topological polar surface area (TPSA) is 62.6 Å². The van der Waals surface area contributed by atoms with Crippen LogP contribution in [0.2, 0.25) is 5.02 Å². The summed E-state index contributed by atoms with van der Waals surface area (Å²) in [5, 5.41) is 2.94. The van der Waals surface area contributed by atoms with Crippen molar-refractivity contribution in [2.24, 2.45) is 0 Å². The van der Waals surface area contributed by atoms with E-state index in [1.165, 1.54) is 35.4 Å². The number of furan rings is 1. The summed E-state index contributed by atoms with van der Waals surface area (Å²) >= 11 is 6.02. The largest absolute Gasteiger partial charge is 0.459 e. The highest BCUT2D eigenvalue weighted by Gasteiger charge is 2.36. The maximum absolute atomic E-state index is 13.9. The summed E-state index contributed by atoms with van der Waals surface area (Å²) < 4.78 is 19.2. The number of carbonyl (C=O) groups is 2. The summed E-state index contributed by atoms with van der Waals surface area (Å²) in [6, 6.07) is 15.2. The lowest BCUT2D eigenvalue weighted by molar-refractivity contribution is -0.123. The highest BCUT2D eigenvalue weighted by molar-refractivity contribution is 6.31. The molecule has 2 aromatic carbocycles. The van der Waals surface area contributed by atoms with Gasteiger partial charge < -0.3 is 9.73 Å². The molecule has 2 amide bonds. The maximum Gasteiger partial charge on any atom is 0.294 e. The zero-order chi connectivity index (χ0) is 21.8. The first-order valence-electron chi connectivity index (χ1n) is 10.2. The maximum atomic E-state index is 13.9. The van der Waals surface area contributed by atoms with Gasteiger partial charge in [0.2, 0.25) is 5.91 Å². The van der Waals surface area contributed by atoms with E-state index in [4.69, 9.17) is 16.0 Å². The van der Waals surface area contributed by atoms with Gasteiger partial charge in [-0.1, -0.05) is 54.8 Å². The van der Waals surface area contributed by atoms with Crippen LogP contribution < -0.4 is 10.2 Å². The van der Waals surface area contributed by atoms with E-state index in [0.717, 1.165) is 25.7 Å². The molecule has 1 aliphatic rings. The van der Waals surface area contributed by atoms with Crippen molar-refractivity contribution in [2.45, 2.75) is 37.8 Å². The number of rotatable bonds is 6. The Labute approximate surface area is 184 Å². The summed E-state index contributed by atoms with van der Waals surface area (Å²) in [5.41, 5.74) is 0.918. The third-order valence-corrected chi connectivity index (χ3v) is 5.75. The molecule has 1 unspecified atom stereocenters. The number of hydrogen-bond donors (Lipinski definition) is 1. The van der Waals surface area contributed by atoms with Crippen LogP contribution >= 0.6 is 11.6 Å². The normalized spacial score (nSPS) is 14.9. The predicted molar refractivity (Wildman–Crippen MR) is 117 cm³/mol. The molecule has 0 aliphatic heterocycles. The Bertz CT molecular complexity index is 1050. The number of carbonyl (C=O) groups excluding carboxylic acids is 2. The van der Waals surface area contributed by atoms with E-state index in [1.807, 2.05) is 6.07 Å². The summed E-state index contributed by atoms with van der Waals surface area (Å²) in [6.45, 7) is 0. The van der Waals surface area contributed by atoms with Crippen LogP contribution in [-0.2, 0) is 4.79 Å². The molecule has 31 heavy (non-hydrogen) atoms. The molecule has 1 heterocycles. The Kier molecular flexibility index (Phi) is 6.37. The second kappa shape index (κ2) is 9.35. The van der Waals surface area contributed by atoms with Crippen LogP contribution in [0.5, 0.6) is 0 Å². The first-order chi connectivity index (χ1) is 15.0. The van der Waals surface area contributed by atoms with Gasteiger partial charge in [-0.3, -0.25) is 14.5 Å². The first kappa shape index (κ1) is 21.1. The molecule has 1 N–H and O–H groups in total. The second-order valence-electron chi connectivity index (χ2n) is 7.55. The molecule has 3 aromatic rings. The van der Waals surface area contributed by atoms with Gasteiger partial charge in [0.25, 0.3) is 5.91 Å². The standard InChI is InChI=1S/C24H22ClFN2O3/c25-19-15-18(12-13-20(19)26)28(24(30)21-11-6-14-31-21)22(16-7-2-1-3-8-16)23(29)27-17-9-4-5-10-17/h1-3,6-8,11-15,17,22H,4-5,9-10H2,(H,27,29). The average molecular weight is 441 g/mol. The van der Waals surface area contributed by atoms with Gasteiger partial charge in [0, 0.05) is 11.7 Å². The molecule has 0 saturated heterocycles. The monoisotopic (exact) mass is 440 g/mol. The number of anilines is 1. The first-order valence-corrected chi connectivity index (χ1v) is 10.6. The minimum atomic E-state index is -0.985. The Morgan fingerprint density at radius 3 is 2.45 bits per heavy atom. The fourth-order valence-corrected chi connectivity index (χ4v) is 4.12. The molecular weight excluding hydrogens is 419 g/mol. The highest BCUT2D eigenvalue weighted by Crippen LogP contribution is 2.33. The minimum Gasteiger partial charge on any atom is -0.459 e. The van der Waals surface area contributed by atoms with Crippen molar-refractivity contribution in [1.29, 1.82) is 0 Å². The number of amides is 2. The minimum absolute atomic E-state index is 0.0649. The summed E-state index contributed by atoms with van der Waals surface area (Å²) in [7, 11) is 0. The third kappa shape index (κ3) is 4.64. The molecule has 0 radical (unpaired) electrons. The number of nitrogens with zero attached hydrogens (tertiary/aromatic N) is 1. The number of hydrogen-bond acceptors (Lipinski definition) is 3. The second-order valence-corrected chi connectivity index (χ2v) is 7.96. The van der Waals surface area contributed by atoms with Gasteiger partial charge in [0.05, 0.1) is 11.3 Å². The van der Waals surface area contributed by atoms with Crippen LogP contribution in [0.25, 0.3) is 0 Å². The van der Waals surface area contributed by atoms with Crippen molar-refractivity contribution < 1.29 is 18.4 Å². The van der Waals surface area contributed by atoms with Gasteiger partial charge in [-0.2, -0.15) is 0 Å².